The summed E-state index contributed by atoms with van der Waals surface area (Å²) in [4.78, 5) is 18.0. The molecule has 0 saturated carbocycles. The standard InChI is InChI=1S/C9H15N5O3/c1-6(3-4-15)12-8-7(14(16)17)5-11-9(10-2)13-8/h5-6,15H,3-4H2,1-2H3,(H2,10,11,12,13). The highest BCUT2D eigenvalue weighted by molar-refractivity contribution is 5.57. The molecule has 0 saturated heterocycles. The van der Waals surface area contributed by atoms with Gasteiger partial charge < -0.3 is 15.7 Å². The van der Waals surface area contributed by atoms with Gasteiger partial charge in [0.25, 0.3) is 0 Å². The lowest BCUT2D eigenvalue weighted by molar-refractivity contribution is -0.384. The zero-order valence-corrected chi connectivity index (χ0v) is 9.67. The molecule has 1 heterocycles. The molecule has 8 heteroatoms. The van der Waals surface area contributed by atoms with Crippen LogP contribution in [0, 0.1) is 10.1 Å². The Bertz CT molecular complexity index is 398. The highest BCUT2D eigenvalue weighted by atomic mass is 16.6. The van der Waals surface area contributed by atoms with Gasteiger partial charge in [-0.15, -0.1) is 0 Å². The molecule has 0 spiro atoms. The Morgan fingerprint density at radius 2 is 2.35 bits per heavy atom. The van der Waals surface area contributed by atoms with Crippen LogP contribution in [0.5, 0.6) is 0 Å². The fourth-order valence-electron chi connectivity index (χ4n) is 1.23. The monoisotopic (exact) mass is 241 g/mol. The van der Waals surface area contributed by atoms with Crippen molar-refractivity contribution in [2.24, 2.45) is 0 Å². The predicted octanol–water partition coefficient (Wildman–Crippen LogP) is 0.609. The first kappa shape index (κ1) is 13.1. The lowest BCUT2D eigenvalue weighted by Crippen LogP contribution is -2.19. The van der Waals surface area contributed by atoms with Crippen LogP contribution in [0.25, 0.3) is 0 Å². The van der Waals surface area contributed by atoms with E-state index in [-0.39, 0.29) is 24.2 Å². The minimum Gasteiger partial charge on any atom is -0.396 e. The number of nitro groups is 1. The van der Waals surface area contributed by atoms with Crippen molar-refractivity contribution >= 4 is 17.5 Å². The van der Waals surface area contributed by atoms with Crippen LogP contribution in [0.15, 0.2) is 6.20 Å². The first-order valence-corrected chi connectivity index (χ1v) is 5.15. The number of nitrogens with zero attached hydrogens (tertiary/aromatic N) is 3. The Labute approximate surface area is 98.2 Å². The van der Waals surface area contributed by atoms with Crippen molar-refractivity contribution in [1.82, 2.24) is 9.97 Å². The van der Waals surface area contributed by atoms with E-state index < -0.39 is 4.92 Å². The van der Waals surface area contributed by atoms with Gasteiger partial charge in [0.15, 0.2) is 0 Å². The van der Waals surface area contributed by atoms with E-state index in [0.717, 1.165) is 6.20 Å². The molecule has 1 unspecified atom stereocenters. The molecule has 0 radical (unpaired) electrons. The van der Waals surface area contributed by atoms with Crippen molar-refractivity contribution in [2.75, 3.05) is 24.3 Å². The lowest BCUT2D eigenvalue weighted by atomic mass is 10.2. The van der Waals surface area contributed by atoms with E-state index in [9.17, 15) is 10.1 Å². The summed E-state index contributed by atoms with van der Waals surface area (Å²) in [6.45, 7) is 1.81. The van der Waals surface area contributed by atoms with Gasteiger partial charge in [0, 0.05) is 19.7 Å². The van der Waals surface area contributed by atoms with Crippen molar-refractivity contribution in [1.29, 1.82) is 0 Å². The summed E-state index contributed by atoms with van der Waals surface area (Å²) in [5, 5.41) is 25.1. The van der Waals surface area contributed by atoms with Gasteiger partial charge in [-0.05, 0) is 13.3 Å². The van der Waals surface area contributed by atoms with Gasteiger partial charge >= 0.3 is 5.69 Å². The quantitative estimate of drug-likeness (QED) is 0.494. The molecule has 0 amide bonds. The molecule has 0 bridgehead atoms. The third-order valence-corrected chi connectivity index (χ3v) is 2.13. The van der Waals surface area contributed by atoms with Crippen LogP contribution in [-0.4, -0.2) is 39.7 Å². The molecule has 0 aromatic carbocycles. The number of aliphatic hydroxyl groups excluding tert-OH is 1. The molecule has 0 aliphatic rings. The van der Waals surface area contributed by atoms with E-state index in [1.165, 1.54) is 0 Å². The van der Waals surface area contributed by atoms with E-state index in [0.29, 0.717) is 12.4 Å². The predicted molar refractivity (Wildman–Crippen MR) is 63.0 cm³/mol. The molecule has 3 N–H and O–H groups in total. The summed E-state index contributed by atoms with van der Waals surface area (Å²) >= 11 is 0. The molecule has 17 heavy (non-hydrogen) atoms. The Morgan fingerprint density at radius 1 is 1.65 bits per heavy atom. The van der Waals surface area contributed by atoms with Gasteiger partial charge in [-0.25, -0.2) is 4.98 Å². The first-order chi connectivity index (χ1) is 8.08. The maximum atomic E-state index is 10.8. The number of anilines is 2. The highest BCUT2D eigenvalue weighted by Crippen LogP contribution is 2.22. The van der Waals surface area contributed by atoms with Crippen LogP contribution in [0.3, 0.4) is 0 Å². The maximum Gasteiger partial charge on any atom is 0.329 e. The summed E-state index contributed by atoms with van der Waals surface area (Å²) in [6.07, 6.45) is 1.63. The SMILES string of the molecule is CNc1ncc([N+](=O)[O-])c(NC(C)CCO)n1. The van der Waals surface area contributed by atoms with E-state index in [1.54, 1.807) is 14.0 Å². The second kappa shape index (κ2) is 5.94. The van der Waals surface area contributed by atoms with Crippen molar-refractivity contribution in [2.45, 2.75) is 19.4 Å². The molecule has 1 aromatic heterocycles. The van der Waals surface area contributed by atoms with Crippen LogP contribution in [0.2, 0.25) is 0 Å². The maximum absolute atomic E-state index is 10.8. The highest BCUT2D eigenvalue weighted by Gasteiger charge is 2.18. The van der Waals surface area contributed by atoms with Gasteiger partial charge in [-0.1, -0.05) is 0 Å². The average Bonchev–Trinajstić information content (AvgIpc) is 2.28. The van der Waals surface area contributed by atoms with Crippen LogP contribution in [0.1, 0.15) is 13.3 Å². The topological polar surface area (TPSA) is 113 Å². The minimum absolute atomic E-state index is 0.00589. The second-order valence-corrected chi connectivity index (χ2v) is 3.49. The number of hydrogen-bond donors (Lipinski definition) is 3. The molecular formula is C9H15N5O3. The number of rotatable bonds is 6. The Hall–Kier alpha value is -1.96. The molecule has 94 valence electrons. The molecule has 0 aliphatic carbocycles. The summed E-state index contributed by atoms with van der Waals surface area (Å²) in [6, 6.07) is -0.113. The van der Waals surface area contributed by atoms with Crippen LogP contribution in [0.4, 0.5) is 17.5 Å². The van der Waals surface area contributed by atoms with E-state index in [4.69, 9.17) is 5.11 Å². The second-order valence-electron chi connectivity index (χ2n) is 3.49. The number of nitrogens with one attached hydrogen (secondary N) is 2. The van der Waals surface area contributed by atoms with Crippen molar-refractivity contribution < 1.29 is 10.0 Å². The fraction of sp³-hybridized carbons (Fsp3) is 0.556. The summed E-state index contributed by atoms with van der Waals surface area (Å²) in [5.74, 6) is 0.449. The molecule has 1 aromatic rings. The smallest absolute Gasteiger partial charge is 0.329 e. The van der Waals surface area contributed by atoms with Crippen molar-refractivity contribution in [3.8, 4) is 0 Å². The van der Waals surface area contributed by atoms with Crippen molar-refractivity contribution in [3.63, 3.8) is 0 Å². The Balaban J connectivity index is 2.96. The zero-order chi connectivity index (χ0) is 12.8. The zero-order valence-electron chi connectivity index (χ0n) is 9.67. The summed E-state index contributed by atoms with van der Waals surface area (Å²) < 4.78 is 0. The largest absolute Gasteiger partial charge is 0.396 e. The van der Waals surface area contributed by atoms with Gasteiger partial charge in [-0.2, -0.15) is 4.98 Å². The van der Waals surface area contributed by atoms with Gasteiger partial charge in [0.1, 0.15) is 6.20 Å². The minimum atomic E-state index is -0.548. The van der Waals surface area contributed by atoms with Crippen LogP contribution < -0.4 is 10.6 Å². The fourth-order valence-corrected chi connectivity index (χ4v) is 1.23. The van der Waals surface area contributed by atoms with Gasteiger partial charge in [0.05, 0.1) is 4.92 Å². The molecule has 0 aliphatic heterocycles. The Morgan fingerprint density at radius 3 is 2.88 bits per heavy atom. The molecule has 1 atom stereocenters. The number of aliphatic hydroxyl groups is 1. The third-order valence-electron chi connectivity index (χ3n) is 2.13. The number of aromatic nitrogens is 2. The van der Waals surface area contributed by atoms with Gasteiger partial charge in [-0.3, -0.25) is 10.1 Å². The van der Waals surface area contributed by atoms with Gasteiger partial charge in [0.2, 0.25) is 11.8 Å². The molecule has 1 rings (SSSR count). The molecule has 8 nitrogen and oxygen atoms in total. The normalized spacial score (nSPS) is 11.9. The molecular weight excluding hydrogens is 226 g/mol. The Kier molecular flexibility index (Phi) is 4.58. The first-order valence-electron chi connectivity index (χ1n) is 5.15. The third kappa shape index (κ3) is 3.52. The van der Waals surface area contributed by atoms with E-state index in [1.807, 2.05) is 0 Å². The summed E-state index contributed by atoms with van der Waals surface area (Å²) in [7, 11) is 1.63. The average molecular weight is 241 g/mol. The van der Waals surface area contributed by atoms with Crippen LogP contribution in [-0.2, 0) is 0 Å². The van der Waals surface area contributed by atoms with Crippen LogP contribution >= 0.6 is 0 Å². The van der Waals surface area contributed by atoms with Crippen molar-refractivity contribution in [3.05, 3.63) is 16.3 Å². The van der Waals surface area contributed by atoms with E-state index >= 15 is 0 Å². The number of hydrogen-bond acceptors (Lipinski definition) is 7. The van der Waals surface area contributed by atoms with E-state index in [2.05, 4.69) is 20.6 Å². The summed E-state index contributed by atoms with van der Waals surface area (Å²) in [5.41, 5.74) is -0.186. The molecule has 0 fully saturated rings. The lowest BCUT2D eigenvalue weighted by Gasteiger charge is -2.13.